The van der Waals surface area contributed by atoms with Gasteiger partial charge in [0.25, 0.3) is 0 Å². The summed E-state index contributed by atoms with van der Waals surface area (Å²) < 4.78 is 0. The Labute approximate surface area is 87.6 Å². The second-order valence-electron chi connectivity index (χ2n) is 5.05. The number of Topliss-reactive ketones (excluding diaryl/α,β-unsaturated/α-hetero) is 1. The first-order valence-corrected chi connectivity index (χ1v) is 5.71. The van der Waals surface area contributed by atoms with E-state index in [-0.39, 0.29) is 11.3 Å². The molecule has 1 aliphatic carbocycles. The normalized spacial score (nSPS) is 31.6. The maximum atomic E-state index is 11.8. The first kappa shape index (κ1) is 11.5. The molecule has 14 heavy (non-hydrogen) atoms. The summed E-state index contributed by atoms with van der Waals surface area (Å²) in [6.45, 7) is 8.40. The average molecular weight is 194 g/mol. The summed E-state index contributed by atoms with van der Waals surface area (Å²) >= 11 is 0. The van der Waals surface area contributed by atoms with E-state index in [1.54, 1.807) is 0 Å². The number of hydrogen-bond donors (Lipinski definition) is 0. The van der Waals surface area contributed by atoms with E-state index < -0.39 is 0 Å². The lowest BCUT2D eigenvalue weighted by Crippen LogP contribution is -2.25. The average Bonchev–Trinajstić information content (AvgIpc) is 2.31. The molecule has 1 nitrogen and oxygen atoms in total. The molecular weight excluding hydrogens is 172 g/mol. The minimum Gasteiger partial charge on any atom is -0.299 e. The van der Waals surface area contributed by atoms with Crippen molar-refractivity contribution in [2.45, 2.75) is 47.0 Å². The van der Waals surface area contributed by atoms with Crippen LogP contribution in [0, 0.1) is 17.3 Å². The van der Waals surface area contributed by atoms with Gasteiger partial charge in [-0.25, -0.2) is 0 Å². The Morgan fingerprint density at radius 2 is 2.14 bits per heavy atom. The van der Waals surface area contributed by atoms with Crippen LogP contribution in [0.5, 0.6) is 0 Å². The van der Waals surface area contributed by atoms with E-state index in [9.17, 15) is 4.79 Å². The summed E-state index contributed by atoms with van der Waals surface area (Å²) in [6, 6.07) is 0. The molecule has 2 atom stereocenters. The number of hydrogen-bond acceptors (Lipinski definition) is 1. The van der Waals surface area contributed by atoms with Crippen LogP contribution in [-0.2, 0) is 4.79 Å². The maximum absolute atomic E-state index is 11.8. The van der Waals surface area contributed by atoms with Crippen LogP contribution in [0.4, 0.5) is 0 Å². The van der Waals surface area contributed by atoms with Crippen LogP contribution < -0.4 is 0 Å². The van der Waals surface area contributed by atoms with Gasteiger partial charge in [-0.15, -0.1) is 0 Å². The molecule has 1 rings (SSSR count). The van der Waals surface area contributed by atoms with E-state index in [4.69, 9.17) is 0 Å². The Morgan fingerprint density at radius 3 is 2.57 bits per heavy atom. The van der Waals surface area contributed by atoms with Crippen molar-refractivity contribution in [1.82, 2.24) is 0 Å². The molecule has 1 aliphatic rings. The van der Waals surface area contributed by atoms with Gasteiger partial charge in [0, 0.05) is 11.3 Å². The summed E-state index contributed by atoms with van der Waals surface area (Å²) in [4.78, 5) is 11.8. The zero-order valence-electron chi connectivity index (χ0n) is 9.84. The minimum absolute atomic E-state index is 0.135. The fraction of sp³-hybridized carbons (Fsp3) is 0.769. The van der Waals surface area contributed by atoms with Crippen molar-refractivity contribution in [1.29, 1.82) is 0 Å². The molecule has 0 spiro atoms. The Bertz CT molecular complexity index is 238. The third-order valence-electron chi connectivity index (χ3n) is 3.44. The summed E-state index contributed by atoms with van der Waals surface area (Å²) in [5.41, 5.74) is -0.135. The molecule has 0 bridgehead atoms. The van der Waals surface area contributed by atoms with Crippen LogP contribution in [0.3, 0.4) is 0 Å². The molecule has 1 fully saturated rings. The third-order valence-corrected chi connectivity index (χ3v) is 3.44. The standard InChI is InChI=1S/C13H22O/c1-5-6-7-8-11-9-10(2)12(14)13(11,3)4/h7-8,10-11H,5-6,9H2,1-4H3/b8-7+. The number of ketones is 1. The Hall–Kier alpha value is -0.590. The van der Waals surface area contributed by atoms with Gasteiger partial charge in [-0.3, -0.25) is 4.79 Å². The zero-order valence-corrected chi connectivity index (χ0v) is 9.84. The molecule has 0 aliphatic heterocycles. The lowest BCUT2D eigenvalue weighted by molar-refractivity contribution is -0.127. The summed E-state index contributed by atoms with van der Waals surface area (Å²) in [5.74, 6) is 1.14. The molecular formula is C13H22O. The molecule has 2 unspecified atom stereocenters. The fourth-order valence-electron chi connectivity index (χ4n) is 2.35. The monoisotopic (exact) mass is 194 g/mol. The van der Waals surface area contributed by atoms with E-state index in [1.807, 2.05) is 0 Å². The first-order valence-electron chi connectivity index (χ1n) is 5.71. The van der Waals surface area contributed by atoms with E-state index >= 15 is 0 Å². The van der Waals surface area contributed by atoms with Crippen molar-refractivity contribution in [3.8, 4) is 0 Å². The number of allylic oxidation sites excluding steroid dienone is 2. The number of unbranched alkanes of at least 4 members (excludes halogenated alkanes) is 1. The van der Waals surface area contributed by atoms with Crippen molar-refractivity contribution in [3.05, 3.63) is 12.2 Å². The Balaban J connectivity index is 2.67. The molecule has 0 N–H and O–H groups in total. The predicted molar refractivity (Wildman–Crippen MR) is 60.1 cm³/mol. The lowest BCUT2D eigenvalue weighted by atomic mass is 9.81. The molecule has 0 radical (unpaired) electrons. The van der Waals surface area contributed by atoms with Crippen molar-refractivity contribution in [2.75, 3.05) is 0 Å². The van der Waals surface area contributed by atoms with Crippen LogP contribution >= 0.6 is 0 Å². The molecule has 80 valence electrons. The zero-order chi connectivity index (χ0) is 10.8. The highest BCUT2D eigenvalue weighted by atomic mass is 16.1. The van der Waals surface area contributed by atoms with Gasteiger partial charge in [0.1, 0.15) is 5.78 Å². The highest BCUT2D eigenvalue weighted by molar-refractivity contribution is 5.88. The Morgan fingerprint density at radius 1 is 1.50 bits per heavy atom. The second-order valence-corrected chi connectivity index (χ2v) is 5.05. The minimum atomic E-state index is -0.135. The molecule has 1 saturated carbocycles. The summed E-state index contributed by atoms with van der Waals surface area (Å²) in [5, 5.41) is 0. The predicted octanol–water partition coefficient (Wildman–Crippen LogP) is 3.59. The SMILES string of the molecule is CCC/C=C/C1CC(C)C(=O)C1(C)C. The van der Waals surface area contributed by atoms with Gasteiger partial charge in [0.15, 0.2) is 0 Å². The van der Waals surface area contributed by atoms with Crippen molar-refractivity contribution < 1.29 is 4.79 Å². The molecule has 0 aromatic rings. The van der Waals surface area contributed by atoms with Crippen molar-refractivity contribution in [3.63, 3.8) is 0 Å². The summed E-state index contributed by atoms with van der Waals surface area (Å²) in [7, 11) is 0. The largest absolute Gasteiger partial charge is 0.299 e. The van der Waals surface area contributed by atoms with Gasteiger partial charge in [-0.05, 0) is 18.8 Å². The molecule has 0 aromatic carbocycles. The van der Waals surface area contributed by atoms with Gasteiger partial charge in [-0.2, -0.15) is 0 Å². The maximum Gasteiger partial charge on any atom is 0.141 e. The fourth-order valence-corrected chi connectivity index (χ4v) is 2.35. The lowest BCUT2D eigenvalue weighted by Gasteiger charge is -2.22. The molecule has 1 heteroatoms. The van der Waals surface area contributed by atoms with Crippen molar-refractivity contribution in [2.24, 2.45) is 17.3 Å². The highest BCUT2D eigenvalue weighted by Crippen LogP contribution is 2.43. The van der Waals surface area contributed by atoms with Crippen LogP contribution in [0.15, 0.2) is 12.2 Å². The molecule has 0 amide bonds. The van der Waals surface area contributed by atoms with E-state index in [2.05, 4.69) is 39.8 Å². The quantitative estimate of drug-likeness (QED) is 0.627. The molecule has 0 saturated heterocycles. The number of carbonyl (C=O) groups is 1. The van der Waals surface area contributed by atoms with Crippen LogP contribution in [0.25, 0.3) is 0 Å². The van der Waals surface area contributed by atoms with Crippen LogP contribution in [0.2, 0.25) is 0 Å². The van der Waals surface area contributed by atoms with Gasteiger partial charge in [0.05, 0.1) is 0 Å². The van der Waals surface area contributed by atoms with E-state index in [0.29, 0.717) is 11.7 Å². The summed E-state index contributed by atoms with van der Waals surface area (Å²) in [6.07, 6.45) is 7.84. The first-order chi connectivity index (χ1) is 6.50. The number of carbonyl (C=O) groups excluding carboxylic acids is 1. The van der Waals surface area contributed by atoms with Crippen LogP contribution in [0.1, 0.15) is 47.0 Å². The van der Waals surface area contributed by atoms with E-state index in [0.717, 1.165) is 12.8 Å². The molecule has 0 heterocycles. The number of rotatable bonds is 3. The smallest absolute Gasteiger partial charge is 0.141 e. The Kier molecular flexibility index (Phi) is 3.52. The van der Waals surface area contributed by atoms with Gasteiger partial charge < -0.3 is 0 Å². The second kappa shape index (κ2) is 4.29. The highest BCUT2D eigenvalue weighted by Gasteiger charge is 2.44. The topological polar surface area (TPSA) is 17.1 Å². The van der Waals surface area contributed by atoms with Crippen LogP contribution in [-0.4, -0.2) is 5.78 Å². The van der Waals surface area contributed by atoms with Gasteiger partial charge >= 0.3 is 0 Å². The third kappa shape index (κ3) is 2.08. The van der Waals surface area contributed by atoms with Crippen molar-refractivity contribution >= 4 is 5.78 Å². The van der Waals surface area contributed by atoms with Gasteiger partial charge in [-0.1, -0.05) is 46.3 Å². The van der Waals surface area contributed by atoms with E-state index in [1.165, 1.54) is 6.42 Å². The van der Waals surface area contributed by atoms with Gasteiger partial charge in [0.2, 0.25) is 0 Å². The molecule has 0 aromatic heterocycles.